The van der Waals surface area contributed by atoms with Crippen molar-refractivity contribution >= 4 is 161 Å². The predicted molar refractivity (Wildman–Crippen MR) is 199 cm³/mol. The van der Waals surface area contributed by atoms with Crippen LogP contribution in [0.3, 0.4) is 0 Å². The smallest absolute Gasteiger partial charge is 0.280 e. The number of hydrogen-bond acceptors (Lipinski definition) is 18. The quantitative estimate of drug-likeness (QED) is 0.0391. The number of amides is 2. The molecule has 40 heavy (non-hydrogen) atoms. The molecular formula is C18H34N4O6S12. The van der Waals surface area contributed by atoms with Crippen LogP contribution in [0.4, 0.5) is 9.59 Å². The zero-order valence-corrected chi connectivity index (χ0v) is 31.2. The maximum atomic E-state index is 12.0. The van der Waals surface area contributed by atoms with Crippen LogP contribution in [0, 0.1) is 0 Å². The Morgan fingerprint density at radius 2 is 1.10 bits per heavy atom. The normalized spacial score (nSPS) is 13.2. The summed E-state index contributed by atoms with van der Waals surface area (Å²) in [5.74, 6) is 3.56. The van der Waals surface area contributed by atoms with Crippen molar-refractivity contribution in [2.45, 2.75) is 0 Å². The highest BCUT2D eigenvalue weighted by molar-refractivity contribution is 8.27. The molecule has 22 heteroatoms. The van der Waals surface area contributed by atoms with Gasteiger partial charge in [0.25, 0.3) is 10.5 Å². The zero-order valence-electron chi connectivity index (χ0n) is 21.4. The van der Waals surface area contributed by atoms with E-state index in [1.807, 2.05) is 0 Å². The number of aliphatic hydroxyl groups is 2. The third kappa shape index (κ3) is 32.9. The monoisotopic (exact) mass is 786 g/mol. The summed E-state index contributed by atoms with van der Waals surface area (Å²) in [4.78, 5) is 31.7. The average Bonchev–Trinajstić information content (AvgIpc) is 2.94. The minimum Gasteiger partial charge on any atom is -0.386 e. The summed E-state index contributed by atoms with van der Waals surface area (Å²) in [5, 5.41) is 26.3. The highest BCUT2D eigenvalue weighted by Crippen LogP contribution is 2.18. The van der Waals surface area contributed by atoms with Crippen LogP contribution in [0.5, 0.6) is 0 Å². The number of nitrogens with one attached hydrogen (secondary N) is 2. The summed E-state index contributed by atoms with van der Waals surface area (Å²) in [5.41, 5.74) is 2.87. The van der Waals surface area contributed by atoms with E-state index in [1.54, 1.807) is 35.3 Å². The van der Waals surface area contributed by atoms with E-state index in [4.69, 9.17) is 10.2 Å². The molecule has 2 amide bonds. The molecule has 0 rings (SSSR count). The van der Waals surface area contributed by atoms with E-state index in [9.17, 15) is 18.0 Å². The SMILES string of the molecule is O=C(NCSCN=CS(=O)CSCSCO)SCSCCSCS(=O)C=NCSCNC(=O)SCSCSCO. The van der Waals surface area contributed by atoms with Crippen molar-refractivity contribution in [2.24, 2.45) is 9.98 Å². The molecule has 0 saturated heterocycles. The van der Waals surface area contributed by atoms with Crippen LogP contribution in [0.25, 0.3) is 0 Å². The molecule has 2 atom stereocenters. The van der Waals surface area contributed by atoms with E-state index in [2.05, 4.69) is 20.6 Å². The maximum Gasteiger partial charge on any atom is 0.280 e. The number of nitrogens with zero attached hydrogens (tertiary/aromatic N) is 2. The van der Waals surface area contributed by atoms with Gasteiger partial charge in [0, 0.05) is 31.8 Å². The van der Waals surface area contributed by atoms with Crippen LogP contribution < -0.4 is 10.6 Å². The molecule has 0 bridgehead atoms. The largest absolute Gasteiger partial charge is 0.386 e. The van der Waals surface area contributed by atoms with Crippen LogP contribution in [0.1, 0.15) is 0 Å². The standard InChI is InChI=1S/C18H34N4O6S12/c23-9-33-11-35-14-38-18(26)22-6-31-3-19-7-39(27)15-30-2-1-29-13-37-17(25)21-5-32-4-20-8-40(28)16-36-12-34-10-24/h7-8,23-24H,1-6,9-16H2,(H,21,25)(H,22,26). The zero-order chi connectivity index (χ0) is 29.5. The van der Waals surface area contributed by atoms with Gasteiger partial charge < -0.3 is 20.8 Å². The molecule has 0 aliphatic heterocycles. The van der Waals surface area contributed by atoms with Gasteiger partial charge in [-0.1, -0.05) is 23.5 Å². The van der Waals surface area contributed by atoms with E-state index in [-0.39, 0.29) is 22.4 Å². The van der Waals surface area contributed by atoms with Crippen LogP contribution in [0.2, 0.25) is 0 Å². The molecule has 0 fully saturated rings. The lowest BCUT2D eigenvalue weighted by Gasteiger charge is -2.04. The number of aliphatic hydroxyl groups excluding tert-OH is 2. The summed E-state index contributed by atoms with van der Waals surface area (Å²) >= 11 is 14.3. The summed E-state index contributed by atoms with van der Waals surface area (Å²) in [6.07, 6.45) is 0. The minimum atomic E-state index is -1.14. The second-order valence-electron chi connectivity index (χ2n) is 6.11. The van der Waals surface area contributed by atoms with Gasteiger partial charge in [0.2, 0.25) is 0 Å². The third-order valence-corrected chi connectivity index (χ3v) is 15.9. The van der Waals surface area contributed by atoms with Gasteiger partial charge in [-0.05, 0) is 0 Å². The predicted octanol–water partition coefficient (Wildman–Crippen LogP) is 4.77. The van der Waals surface area contributed by atoms with Crippen LogP contribution >= 0.6 is 118 Å². The summed E-state index contributed by atoms with van der Waals surface area (Å²) < 4.78 is 23.6. The lowest BCUT2D eigenvalue weighted by atomic mass is 11.0. The Hall–Kier alpha value is 2.00. The molecule has 0 aromatic rings. The summed E-state index contributed by atoms with van der Waals surface area (Å²) in [6, 6.07) is 0. The number of carbonyl (C=O) groups excluding carboxylic acids is 2. The molecule has 2 unspecified atom stereocenters. The molecule has 0 aromatic heterocycles. The topological polar surface area (TPSA) is 158 Å². The van der Waals surface area contributed by atoms with Gasteiger partial charge in [0.1, 0.15) is 0 Å². The number of hydrogen-bond donors (Lipinski definition) is 4. The minimum absolute atomic E-state index is 0.0614. The second kappa shape index (κ2) is 33.9. The fourth-order valence-electron chi connectivity index (χ4n) is 1.66. The van der Waals surface area contributed by atoms with Gasteiger partial charge in [-0.2, -0.15) is 0 Å². The second-order valence-corrected chi connectivity index (χ2v) is 20.7. The highest BCUT2D eigenvalue weighted by atomic mass is 32.3. The lowest BCUT2D eigenvalue weighted by molar-refractivity contribution is 0.261. The van der Waals surface area contributed by atoms with Crippen molar-refractivity contribution in [3.05, 3.63) is 0 Å². The van der Waals surface area contributed by atoms with Crippen molar-refractivity contribution in [3.8, 4) is 0 Å². The Kier molecular flexibility index (Phi) is 35.6. The molecular weight excluding hydrogens is 753 g/mol. The van der Waals surface area contributed by atoms with Crippen LogP contribution in [0.15, 0.2) is 9.98 Å². The maximum absolute atomic E-state index is 12.0. The Bertz CT molecular complexity index is 756. The van der Waals surface area contributed by atoms with Crippen molar-refractivity contribution in [3.63, 3.8) is 0 Å². The average molecular weight is 787 g/mol. The van der Waals surface area contributed by atoms with Gasteiger partial charge in [0.15, 0.2) is 0 Å². The Labute approximate surface area is 284 Å². The highest BCUT2D eigenvalue weighted by Gasteiger charge is 2.03. The van der Waals surface area contributed by atoms with Gasteiger partial charge in [-0.15, -0.1) is 94.1 Å². The van der Waals surface area contributed by atoms with E-state index < -0.39 is 21.6 Å². The molecule has 4 N–H and O–H groups in total. The van der Waals surface area contributed by atoms with Crippen molar-refractivity contribution in [2.75, 3.05) is 77.4 Å². The number of aliphatic imine (C=N–C) groups is 2. The number of rotatable bonds is 27. The fraction of sp³-hybridized carbons (Fsp3) is 0.778. The van der Waals surface area contributed by atoms with Crippen LogP contribution in [-0.2, 0) is 21.6 Å². The van der Waals surface area contributed by atoms with Gasteiger partial charge in [0.05, 0.1) is 78.2 Å². The van der Waals surface area contributed by atoms with E-state index >= 15 is 0 Å². The molecule has 0 aromatic carbocycles. The molecule has 234 valence electrons. The first-order chi connectivity index (χ1) is 19.5. The van der Waals surface area contributed by atoms with Crippen molar-refractivity contribution in [1.29, 1.82) is 0 Å². The van der Waals surface area contributed by atoms with Gasteiger partial charge in [-0.25, -0.2) is 0 Å². The first kappa shape index (κ1) is 42.0. The van der Waals surface area contributed by atoms with Gasteiger partial charge >= 0.3 is 0 Å². The van der Waals surface area contributed by atoms with E-state index in [0.29, 0.717) is 48.9 Å². The Morgan fingerprint density at radius 1 is 0.625 bits per heavy atom. The molecule has 0 aliphatic rings. The van der Waals surface area contributed by atoms with E-state index in [0.717, 1.165) is 16.6 Å². The lowest BCUT2D eigenvalue weighted by Crippen LogP contribution is -2.18. The number of carbonyl (C=O) groups is 2. The molecule has 0 spiro atoms. The molecule has 0 saturated carbocycles. The molecule has 0 radical (unpaired) electrons. The fourth-order valence-corrected chi connectivity index (χ4v) is 12.4. The first-order valence-electron chi connectivity index (χ1n) is 10.9. The first-order valence-corrected chi connectivity index (χ1v) is 24.9. The van der Waals surface area contributed by atoms with Crippen molar-refractivity contribution < 1.29 is 28.2 Å². The Balaban J connectivity index is 3.51. The summed E-state index contributed by atoms with van der Waals surface area (Å²) in [6.45, 7) is 0. The molecule has 0 aliphatic carbocycles. The van der Waals surface area contributed by atoms with E-state index in [1.165, 1.54) is 93.4 Å². The summed E-state index contributed by atoms with van der Waals surface area (Å²) in [7, 11) is -2.27. The van der Waals surface area contributed by atoms with Crippen LogP contribution in [-0.4, -0.2) is 118 Å². The number of thioether (sulfide) groups is 10. The Morgan fingerprint density at radius 3 is 1.65 bits per heavy atom. The van der Waals surface area contributed by atoms with Crippen molar-refractivity contribution in [1.82, 2.24) is 10.6 Å². The molecule has 10 nitrogen and oxygen atoms in total. The third-order valence-electron chi connectivity index (χ3n) is 3.19. The molecule has 0 heterocycles. The van der Waals surface area contributed by atoms with Gasteiger partial charge in [-0.3, -0.25) is 28.0 Å².